The average Bonchev–Trinajstić information content (AvgIpc) is 2.93. The standard InChI is InChI=1S/C11H16N2O2S/c1-8(10-6-12-7-16-10)13(9-2-3-9)5-4-11(14)15/h6-9H,2-5H2,1H3,(H,14,15). The van der Waals surface area contributed by atoms with Crippen LogP contribution in [0, 0.1) is 0 Å². The number of nitrogens with zero attached hydrogens (tertiary/aromatic N) is 2. The third-order valence-electron chi connectivity index (χ3n) is 2.96. The molecule has 16 heavy (non-hydrogen) atoms. The first-order valence-electron chi connectivity index (χ1n) is 5.54. The van der Waals surface area contributed by atoms with E-state index < -0.39 is 5.97 Å². The van der Waals surface area contributed by atoms with Gasteiger partial charge >= 0.3 is 5.97 Å². The maximum atomic E-state index is 10.6. The molecule has 0 saturated heterocycles. The van der Waals surface area contributed by atoms with Gasteiger partial charge in [0, 0.05) is 29.7 Å². The predicted molar refractivity (Wildman–Crippen MR) is 62.5 cm³/mol. The highest BCUT2D eigenvalue weighted by atomic mass is 32.1. The fourth-order valence-corrected chi connectivity index (χ4v) is 2.62. The molecule has 2 rings (SSSR count). The van der Waals surface area contributed by atoms with Crippen LogP contribution in [0.3, 0.4) is 0 Å². The average molecular weight is 240 g/mol. The molecule has 1 fully saturated rings. The summed E-state index contributed by atoms with van der Waals surface area (Å²) < 4.78 is 0. The van der Waals surface area contributed by atoms with E-state index in [1.54, 1.807) is 11.3 Å². The van der Waals surface area contributed by atoms with Crippen molar-refractivity contribution in [1.29, 1.82) is 0 Å². The molecule has 4 nitrogen and oxygen atoms in total. The summed E-state index contributed by atoms with van der Waals surface area (Å²) in [6, 6.07) is 0.871. The zero-order valence-corrected chi connectivity index (χ0v) is 10.1. The molecule has 1 atom stereocenters. The van der Waals surface area contributed by atoms with Gasteiger partial charge in [0.15, 0.2) is 0 Å². The minimum absolute atomic E-state index is 0.222. The van der Waals surface area contributed by atoms with Crippen molar-refractivity contribution >= 4 is 17.3 Å². The Bertz CT molecular complexity index is 349. The molecule has 0 bridgehead atoms. The summed E-state index contributed by atoms with van der Waals surface area (Å²) >= 11 is 1.64. The second kappa shape index (κ2) is 4.93. The summed E-state index contributed by atoms with van der Waals surface area (Å²) in [6.07, 6.45) is 4.50. The molecule has 1 aliphatic carbocycles. The lowest BCUT2D eigenvalue weighted by atomic mass is 10.2. The number of thiazole rings is 1. The van der Waals surface area contributed by atoms with Crippen LogP contribution in [-0.4, -0.2) is 33.5 Å². The van der Waals surface area contributed by atoms with Crippen molar-refractivity contribution in [3.05, 3.63) is 16.6 Å². The maximum Gasteiger partial charge on any atom is 0.304 e. The number of hydrogen-bond acceptors (Lipinski definition) is 4. The van der Waals surface area contributed by atoms with Gasteiger partial charge in [-0.05, 0) is 19.8 Å². The number of carbonyl (C=O) groups is 1. The van der Waals surface area contributed by atoms with Crippen molar-refractivity contribution in [2.24, 2.45) is 0 Å². The van der Waals surface area contributed by atoms with Gasteiger partial charge in [0.05, 0.1) is 11.9 Å². The van der Waals surface area contributed by atoms with Crippen molar-refractivity contribution in [2.45, 2.75) is 38.3 Å². The van der Waals surface area contributed by atoms with Crippen LogP contribution in [-0.2, 0) is 4.79 Å². The first kappa shape index (κ1) is 11.5. The monoisotopic (exact) mass is 240 g/mol. The smallest absolute Gasteiger partial charge is 0.304 e. The topological polar surface area (TPSA) is 53.4 Å². The molecule has 0 spiro atoms. The minimum atomic E-state index is -0.720. The molecule has 0 radical (unpaired) electrons. The lowest BCUT2D eigenvalue weighted by molar-refractivity contribution is -0.137. The molecule has 5 heteroatoms. The number of hydrogen-bond donors (Lipinski definition) is 1. The molecule has 0 aromatic carbocycles. The van der Waals surface area contributed by atoms with Crippen LogP contribution in [0.2, 0.25) is 0 Å². The van der Waals surface area contributed by atoms with Crippen molar-refractivity contribution in [3.8, 4) is 0 Å². The SMILES string of the molecule is CC(c1cncs1)N(CCC(=O)O)C1CC1. The second-order valence-corrected chi connectivity index (χ2v) is 5.11. The first-order valence-corrected chi connectivity index (χ1v) is 6.42. The molecule has 1 aromatic rings. The Labute approximate surface area is 98.9 Å². The van der Waals surface area contributed by atoms with E-state index in [-0.39, 0.29) is 6.42 Å². The van der Waals surface area contributed by atoms with Gasteiger partial charge in [-0.1, -0.05) is 0 Å². The summed E-state index contributed by atoms with van der Waals surface area (Å²) in [4.78, 5) is 18.2. The normalized spacial score (nSPS) is 17.6. The summed E-state index contributed by atoms with van der Waals surface area (Å²) in [5.41, 5.74) is 1.83. The van der Waals surface area contributed by atoms with E-state index in [0.29, 0.717) is 18.6 Å². The third kappa shape index (κ3) is 2.80. The van der Waals surface area contributed by atoms with Crippen LogP contribution in [0.5, 0.6) is 0 Å². The fourth-order valence-electron chi connectivity index (χ4n) is 1.92. The van der Waals surface area contributed by atoms with E-state index in [2.05, 4.69) is 16.8 Å². The number of aromatic nitrogens is 1. The zero-order valence-electron chi connectivity index (χ0n) is 9.30. The summed E-state index contributed by atoms with van der Waals surface area (Å²) in [6.45, 7) is 2.77. The molecule has 0 aliphatic heterocycles. The summed E-state index contributed by atoms with van der Waals surface area (Å²) in [5.74, 6) is -0.720. The van der Waals surface area contributed by atoms with E-state index >= 15 is 0 Å². The van der Waals surface area contributed by atoms with Crippen molar-refractivity contribution in [3.63, 3.8) is 0 Å². The van der Waals surface area contributed by atoms with Crippen LogP contribution >= 0.6 is 11.3 Å². The van der Waals surface area contributed by atoms with Gasteiger partial charge in [-0.2, -0.15) is 0 Å². The van der Waals surface area contributed by atoms with Gasteiger partial charge in [0.2, 0.25) is 0 Å². The molecule has 1 aliphatic rings. The summed E-state index contributed by atoms with van der Waals surface area (Å²) in [7, 11) is 0. The Morgan fingerprint density at radius 2 is 2.50 bits per heavy atom. The van der Waals surface area contributed by atoms with Gasteiger partial charge in [-0.15, -0.1) is 11.3 Å². The lowest BCUT2D eigenvalue weighted by Gasteiger charge is -2.27. The molecule has 1 saturated carbocycles. The largest absolute Gasteiger partial charge is 0.481 e. The van der Waals surface area contributed by atoms with E-state index in [1.807, 2.05) is 11.7 Å². The van der Waals surface area contributed by atoms with Crippen LogP contribution in [0.4, 0.5) is 0 Å². The zero-order chi connectivity index (χ0) is 11.5. The minimum Gasteiger partial charge on any atom is -0.481 e. The van der Waals surface area contributed by atoms with E-state index in [1.165, 1.54) is 17.7 Å². The van der Waals surface area contributed by atoms with Crippen LogP contribution in [0.1, 0.15) is 37.1 Å². The molecular weight excluding hydrogens is 224 g/mol. The quantitative estimate of drug-likeness (QED) is 0.827. The number of aliphatic carboxylic acids is 1. The highest BCUT2D eigenvalue weighted by molar-refractivity contribution is 7.09. The molecule has 1 unspecified atom stereocenters. The van der Waals surface area contributed by atoms with Crippen molar-refractivity contribution in [2.75, 3.05) is 6.54 Å². The van der Waals surface area contributed by atoms with E-state index in [9.17, 15) is 4.79 Å². The second-order valence-electron chi connectivity index (χ2n) is 4.19. The Morgan fingerprint density at radius 1 is 1.75 bits per heavy atom. The van der Waals surface area contributed by atoms with Crippen LogP contribution < -0.4 is 0 Å². The molecule has 1 heterocycles. The molecular formula is C11H16N2O2S. The summed E-state index contributed by atoms with van der Waals surface area (Å²) in [5, 5.41) is 8.74. The number of rotatable bonds is 6. The van der Waals surface area contributed by atoms with Gasteiger partial charge in [0.25, 0.3) is 0 Å². The maximum absolute atomic E-state index is 10.6. The number of carboxylic acid groups (broad SMARTS) is 1. The molecule has 1 N–H and O–H groups in total. The first-order chi connectivity index (χ1) is 7.68. The van der Waals surface area contributed by atoms with Gasteiger partial charge < -0.3 is 5.11 Å². The van der Waals surface area contributed by atoms with Gasteiger partial charge in [0.1, 0.15) is 0 Å². The van der Waals surface area contributed by atoms with E-state index in [0.717, 1.165) is 0 Å². The van der Waals surface area contributed by atoms with E-state index in [4.69, 9.17) is 5.11 Å². The molecule has 0 amide bonds. The Kier molecular flexibility index (Phi) is 3.56. The molecule has 88 valence electrons. The Balaban J connectivity index is 1.98. The third-order valence-corrected chi connectivity index (χ3v) is 3.91. The highest BCUT2D eigenvalue weighted by Crippen LogP contribution is 2.35. The van der Waals surface area contributed by atoms with Crippen molar-refractivity contribution in [1.82, 2.24) is 9.88 Å². The van der Waals surface area contributed by atoms with Crippen LogP contribution in [0.15, 0.2) is 11.7 Å². The molecule has 1 aromatic heterocycles. The Hall–Kier alpha value is -0.940. The highest BCUT2D eigenvalue weighted by Gasteiger charge is 2.33. The fraction of sp³-hybridized carbons (Fsp3) is 0.636. The number of carboxylic acids is 1. The predicted octanol–water partition coefficient (Wildman–Crippen LogP) is 2.14. The van der Waals surface area contributed by atoms with Crippen molar-refractivity contribution < 1.29 is 9.90 Å². The van der Waals surface area contributed by atoms with Crippen LogP contribution in [0.25, 0.3) is 0 Å². The Morgan fingerprint density at radius 3 is 3.00 bits per heavy atom. The van der Waals surface area contributed by atoms with Gasteiger partial charge in [-0.25, -0.2) is 0 Å². The lowest BCUT2D eigenvalue weighted by Crippen LogP contribution is -2.31. The van der Waals surface area contributed by atoms with Gasteiger partial charge in [-0.3, -0.25) is 14.7 Å².